The van der Waals surface area contributed by atoms with E-state index in [1.54, 1.807) is 14.2 Å². The lowest BCUT2D eigenvalue weighted by molar-refractivity contribution is -0.137. The maximum Gasteiger partial charge on any atom is 0.337 e. The maximum atomic E-state index is 14.1. The van der Waals surface area contributed by atoms with E-state index in [-0.39, 0.29) is 23.7 Å². The van der Waals surface area contributed by atoms with Crippen molar-refractivity contribution in [3.63, 3.8) is 0 Å². The van der Waals surface area contributed by atoms with Crippen molar-refractivity contribution in [2.45, 2.75) is 38.6 Å². The number of ether oxygens (including phenoxy) is 3. The minimum atomic E-state index is -0.339. The summed E-state index contributed by atoms with van der Waals surface area (Å²) in [4.78, 5) is 20.0. The minimum Gasteiger partial charge on any atom is -0.504 e. The molecule has 7 heteroatoms. The van der Waals surface area contributed by atoms with Gasteiger partial charge in [0.2, 0.25) is 0 Å². The Morgan fingerprint density at radius 2 is 2.13 bits per heavy atom. The molecule has 0 aliphatic carbocycles. The average molecular weight is 431 g/mol. The number of hydrogen-bond acceptors (Lipinski definition) is 6. The number of nitrogens with zero attached hydrogens (tertiary/aromatic N) is 2. The van der Waals surface area contributed by atoms with E-state index in [4.69, 9.17) is 19.2 Å². The summed E-state index contributed by atoms with van der Waals surface area (Å²) in [5.41, 5.74) is 3.34. The predicted molar refractivity (Wildman–Crippen MR) is 116 cm³/mol. The highest BCUT2D eigenvalue weighted by Crippen LogP contribution is 2.44. The summed E-state index contributed by atoms with van der Waals surface area (Å²) in [5, 5.41) is 0. The number of carbonyl (C=O) groups excluding carboxylic acids is 1. The van der Waals surface area contributed by atoms with Crippen LogP contribution in [0.3, 0.4) is 0 Å². The molecule has 2 fully saturated rings. The molecule has 0 radical (unpaired) electrons. The highest BCUT2D eigenvalue weighted by molar-refractivity contribution is 5.97. The Morgan fingerprint density at radius 1 is 1.32 bits per heavy atom. The number of fused-ring (bicyclic) bond motifs is 4. The molecular weight excluding hydrogens is 399 g/mol. The summed E-state index contributed by atoms with van der Waals surface area (Å²) in [6.45, 7) is 4.06. The number of hydrogen-bond donors (Lipinski definition) is 0. The number of halogens is 1. The van der Waals surface area contributed by atoms with E-state index in [1.165, 1.54) is 25.5 Å². The first-order chi connectivity index (χ1) is 15.0. The van der Waals surface area contributed by atoms with E-state index in [0.29, 0.717) is 28.8 Å². The van der Waals surface area contributed by atoms with Crippen molar-refractivity contribution >= 4 is 17.4 Å². The first-order valence-corrected chi connectivity index (χ1v) is 11.0. The van der Waals surface area contributed by atoms with E-state index in [2.05, 4.69) is 11.8 Å². The first kappa shape index (κ1) is 21.8. The van der Waals surface area contributed by atoms with Crippen LogP contribution < -0.4 is 4.74 Å². The monoisotopic (exact) mass is 430 g/mol. The van der Waals surface area contributed by atoms with Gasteiger partial charge in [0.25, 0.3) is 0 Å². The van der Waals surface area contributed by atoms with Gasteiger partial charge < -0.3 is 14.2 Å². The van der Waals surface area contributed by atoms with Gasteiger partial charge in [0, 0.05) is 41.9 Å². The molecule has 0 bridgehead atoms. The number of aliphatic imine (C=N–C) groups is 1. The molecule has 0 amide bonds. The standard InChI is InChI=1S/C24H31FN2O4/c1-5-14-12-27-7-6-15-8-18-20(9-16(25)10-22(18)30-3)26-23(15)21(27)11-17(14)19(13-29-2)24(28)31-4/h9-10,13-15,17,21H,5-8,11-12H2,1-4H3/b19-13+. The van der Waals surface area contributed by atoms with Crippen LogP contribution in [0.1, 0.15) is 31.7 Å². The molecule has 3 aliphatic heterocycles. The van der Waals surface area contributed by atoms with Crippen molar-refractivity contribution in [3.05, 3.63) is 35.3 Å². The molecule has 31 heavy (non-hydrogen) atoms. The van der Waals surface area contributed by atoms with Crippen LogP contribution in [0.15, 0.2) is 29.0 Å². The predicted octanol–water partition coefficient (Wildman–Crippen LogP) is 3.90. The van der Waals surface area contributed by atoms with Gasteiger partial charge in [-0.2, -0.15) is 0 Å². The first-order valence-electron chi connectivity index (χ1n) is 11.0. The molecule has 1 aromatic carbocycles. The average Bonchev–Trinajstić information content (AvgIpc) is 2.79. The van der Waals surface area contributed by atoms with Gasteiger partial charge in [-0.05, 0) is 37.6 Å². The molecule has 4 unspecified atom stereocenters. The molecule has 1 aromatic rings. The largest absolute Gasteiger partial charge is 0.504 e. The number of rotatable bonds is 5. The Labute approximate surface area is 183 Å². The lowest BCUT2D eigenvalue weighted by Crippen LogP contribution is -2.57. The Bertz CT molecular complexity index is 913. The second kappa shape index (κ2) is 8.99. The van der Waals surface area contributed by atoms with Crippen molar-refractivity contribution in [1.82, 2.24) is 4.90 Å². The highest BCUT2D eigenvalue weighted by Gasteiger charge is 2.45. The maximum absolute atomic E-state index is 14.1. The molecule has 3 heterocycles. The third-order valence-electron chi connectivity index (χ3n) is 7.14. The normalized spacial score (nSPS) is 28.0. The summed E-state index contributed by atoms with van der Waals surface area (Å²) < 4.78 is 29.9. The summed E-state index contributed by atoms with van der Waals surface area (Å²) in [6.07, 6.45) is 5.11. The zero-order valence-corrected chi connectivity index (χ0v) is 18.7. The molecule has 2 saturated heterocycles. The molecule has 6 nitrogen and oxygen atoms in total. The fourth-order valence-corrected chi connectivity index (χ4v) is 5.60. The Kier molecular flexibility index (Phi) is 6.32. The Morgan fingerprint density at radius 3 is 2.81 bits per heavy atom. The SMILES string of the molecule is CCC1CN2CCC3Cc4c(cc(F)cc4OC)N=C3C2CC1/C(=C\OC)C(=O)OC. The summed E-state index contributed by atoms with van der Waals surface area (Å²) in [7, 11) is 4.53. The Hall–Kier alpha value is -2.41. The van der Waals surface area contributed by atoms with Crippen LogP contribution in [0.2, 0.25) is 0 Å². The third kappa shape index (κ3) is 3.95. The number of carbonyl (C=O) groups is 1. The molecule has 4 atom stereocenters. The van der Waals surface area contributed by atoms with Crippen molar-refractivity contribution in [1.29, 1.82) is 0 Å². The second-order valence-electron chi connectivity index (χ2n) is 8.65. The fraction of sp³-hybridized carbons (Fsp3) is 0.583. The van der Waals surface area contributed by atoms with E-state index in [9.17, 15) is 9.18 Å². The molecule has 0 spiro atoms. The molecule has 4 rings (SSSR count). The smallest absolute Gasteiger partial charge is 0.337 e. The van der Waals surface area contributed by atoms with Crippen molar-refractivity contribution in [3.8, 4) is 5.75 Å². The molecule has 3 aliphatic rings. The highest BCUT2D eigenvalue weighted by atomic mass is 19.1. The van der Waals surface area contributed by atoms with Gasteiger partial charge >= 0.3 is 5.97 Å². The van der Waals surface area contributed by atoms with Gasteiger partial charge in [0.05, 0.1) is 38.9 Å². The topological polar surface area (TPSA) is 60.4 Å². The van der Waals surface area contributed by atoms with Gasteiger partial charge in [-0.15, -0.1) is 0 Å². The molecule has 0 aromatic heterocycles. The van der Waals surface area contributed by atoms with Gasteiger partial charge in [-0.25, -0.2) is 9.18 Å². The number of methoxy groups -OCH3 is 3. The van der Waals surface area contributed by atoms with Crippen LogP contribution in [0.25, 0.3) is 0 Å². The summed E-state index contributed by atoms with van der Waals surface area (Å²) in [6, 6.07) is 3.06. The quantitative estimate of drug-likeness (QED) is 0.403. The van der Waals surface area contributed by atoms with Crippen LogP contribution in [0, 0.1) is 23.6 Å². The van der Waals surface area contributed by atoms with Crippen LogP contribution >= 0.6 is 0 Å². The van der Waals surface area contributed by atoms with E-state index in [1.807, 2.05) is 0 Å². The van der Waals surface area contributed by atoms with Gasteiger partial charge in [-0.3, -0.25) is 9.89 Å². The van der Waals surface area contributed by atoms with Crippen LogP contribution in [0.4, 0.5) is 10.1 Å². The van der Waals surface area contributed by atoms with Gasteiger partial charge in [-0.1, -0.05) is 13.3 Å². The van der Waals surface area contributed by atoms with E-state index >= 15 is 0 Å². The minimum absolute atomic E-state index is 0.0311. The molecular formula is C24H31FN2O4. The number of esters is 1. The Balaban J connectivity index is 1.71. The number of piperidine rings is 2. The van der Waals surface area contributed by atoms with Crippen LogP contribution in [-0.4, -0.2) is 57.0 Å². The van der Waals surface area contributed by atoms with Crippen molar-refractivity contribution in [2.75, 3.05) is 34.4 Å². The van der Waals surface area contributed by atoms with E-state index < -0.39 is 0 Å². The zero-order chi connectivity index (χ0) is 22.1. The molecule has 0 N–H and O–H groups in total. The van der Waals surface area contributed by atoms with Crippen LogP contribution in [0.5, 0.6) is 5.75 Å². The summed E-state index contributed by atoms with van der Waals surface area (Å²) >= 11 is 0. The lowest BCUT2D eigenvalue weighted by atomic mass is 9.70. The molecule has 0 saturated carbocycles. The number of benzene rings is 1. The van der Waals surface area contributed by atoms with Crippen LogP contribution in [-0.2, 0) is 20.7 Å². The van der Waals surface area contributed by atoms with Crippen molar-refractivity contribution < 1.29 is 23.4 Å². The third-order valence-corrected chi connectivity index (χ3v) is 7.14. The van der Waals surface area contributed by atoms with Gasteiger partial charge in [0.1, 0.15) is 11.6 Å². The molecule has 168 valence electrons. The van der Waals surface area contributed by atoms with E-state index in [0.717, 1.165) is 50.0 Å². The van der Waals surface area contributed by atoms with Crippen molar-refractivity contribution in [2.24, 2.45) is 22.7 Å². The second-order valence-corrected chi connectivity index (χ2v) is 8.65. The fourth-order valence-electron chi connectivity index (χ4n) is 5.60. The lowest BCUT2D eigenvalue weighted by Gasteiger charge is -2.49. The zero-order valence-electron chi connectivity index (χ0n) is 18.7. The van der Waals surface area contributed by atoms with Gasteiger partial charge in [0.15, 0.2) is 0 Å². The summed E-state index contributed by atoms with van der Waals surface area (Å²) in [5.74, 6) is 0.568.